The van der Waals surface area contributed by atoms with Crippen LogP contribution in [0.4, 0.5) is 0 Å². The lowest BCUT2D eigenvalue weighted by molar-refractivity contribution is -0.124. The van der Waals surface area contributed by atoms with Crippen molar-refractivity contribution in [3.63, 3.8) is 0 Å². The molecule has 1 heterocycles. The number of hydrogen-bond donors (Lipinski definition) is 1. The van der Waals surface area contributed by atoms with Gasteiger partial charge in [-0.25, -0.2) is 0 Å². The molecule has 3 nitrogen and oxygen atoms in total. The van der Waals surface area contributed by atoms with Gasteiger partial charge in [0.05, 0.1) is 6.10 Å². The molecule has 29 heavy (non-hydrogen) atoms. The number of ether oxygens (including phenoxy) is 1. The van der Waals surface area contributed by atoms with Gasteiger partial charge >= 0.3 is 0 Å². The van der Waals surface area contributed by atoms with Crippen molar-refractivity contribution < 1.29 is 9.53 Å². The molecule has 0 saturated heterocycles. The number of nitrogens with one attached hydrogen (secondary N) is 1. The van der Waals surface area contributed by atoms with Gasteiger partial charge in [0.25, 0.3) is 0 Å². The summed E-state index contributed by atoms with van der Waals surface area (Å²) in [6.45, 7) is 9.47. The summed E-state index contributed by atoms with van der Waals surface area (Å²) < 4.78 is 6.48. The number of hydrogen-bond acceptors (Lipinski definition) is 2. The second-order valence-corrected chi connectivity index (χ2v) is 10.9. The third kappa shape index (κ3) is 3.04. The van der Waals surface area contributed by atoms with Crippen LogP contribution in [0.15, 0.2) is 36.4 Å². The van der Waals surface area contributed by atoms with Crippen molar-refractivity contribution >= 4 is 5.91 Å². The van der Waals surface area contributed by atoms with E-state index in [1.54, 1.807) is 6.08 Å². The molecular formula is C26H35NO2. The van der Waals surface area contributed by atoms with Crippen molar-refractivity contribution in [3.8, 4) is 5.75 Å². The summed E-state index contributed by atoms with van der Waals surface area (Å²) in [6, 6.07) is 8.81. The molecule has 1 N–H and O–H groups in total. The molecule has 1 amide bonds. The van der Waals surface area contributed by atoms with Crippen LogP contribution >= 0.6 is 0 Å². The Morgan fingerprint density at radius 1 is 1.10 bits per heavy atom. The molecule has 3 fully saturated rings. The van der Waals surface area contributed by atoms with E-state index in [4.69, 9.17) is 4.74 Å². The van der Waals surface area contributed by atoms with Gasteiger partial charge in [-0.05, 0) is 86.3 Å². The predicted octanol–water partition coefficient (Wildman–Crippen LogP) is 5.29. The molecule has 1 aliphatic heterocycles. The van der Waals surface area contributed by atoms with Gasteiger partial charge in [0.1, 0.15) is 5.75 Å². The summed E-state index contributed by atoms with van der Waals surface area (Å²) in [5, 5.41) is 3.29. The van der Waals surface area contributed by atoms with Crippen molar-refractivity contribution in [1.29, 1.82) is 0 Å². The molecular weight excluding hydrogens is 358 g/mol. The largest absolute Gasteiger partial charge is 0.490 e. The van der Waals surface area contributed by atoms with Crippen LogP contribution in [0.3, 0.4) is 0 Å². The zero-order valence-corrected chi connectivity index (χ0v) is 18.3. The first-order valence-electron chi connectivity index (χ1n) is 11.5. The van der Waals surface area contributed by atoms with Crippen molar-refractivity contribution in [2.45, 2.75) is 71.9 Å². The Kier molecular flexibility index (Phi) is 4.38. The van der Waals surface area contributed by atoms with E-state index in [0.29, 0.717) is 29.4 Å². The highest BCUT2D eigenvalue weighted by atomic mass is 16.5. The van der Waals surface area contributed by atoms with E-state index in [2.05, 4.69) is 63.4 Å². The molecule has 5 rings (SSSR count). The van der Waals surface area contributed by atoms with Crippen molar-refractivity contribution in [2.75, 3.05) is 0 Å². The first kappa shape index (κ1) is 19.2. The number of amides is 1. The monoisotopic (exact) mass is 393 g/mol. The smallest absolute Gasteiger partial charge is 0.243 e. The molecule has 8 atom stereocenters. The molecule has 3 aliphatic carbocycles. The van der Waals surface area contributed by atoms with E-state index in [-0.39, 0.29) is 11.3 Å². The normalized spacial score (nSPS) is 45.7. The fourth-order valence-corrected chi connectivity index (χ4v) is 7.58. The van der Waals surface area contributed by atoms with E-state index in [0.717, 1.165) is 24.0 Å². The molecule has 0 bridgehead atoms. The Balaban J connectivity index is 1.40. The van der Waals surface area contributed by atoms with Crippen LogP contribution < -0.4 is 10.1 Å². The Morgan fingerprint density at radius 3 is 2.62 bits per heavy atom. The summed E-state index contributed by atoms with van der Waals surface area (Å²) in [7, 11) is 0. The Labute approximate surface area is 175 Å². The van der Waals surface area contributed by atoms with Gasteiger partial charge in [0.15, 0.2) is 0 Å². The van der Waals surface area contributed by atoms with Crippen LogP contribution in [-0.2, 0) is 4.79 Å². The van der Waals surface area contributed by atoms with Crippen molar-refractivity contribution in [1.82, 2.24) is 5.32 Å². The maximum Gasteiger partial charge on any atom is 0.243 e. The Bertz CT molecular complexity index is 830. The Hall–Kier alpha value is -1.77. The topological polar surface area (TPSA) is 38.3 Å². The number of carbonyl (C=O) groups is 1. The third-order valence-corrected chi connectivity index (χ3v) is 9.11. The zero-order valence-electron chi connectivity index (χ0n) is 18.3. The van der Waals surface area contributed by atoms with Gasteiger partial charge in [-0.3, -0.25) is 4.79 Å². The van der Waals surface area contributed by atoms with Crippen LogP contribution in [0.5, 0.6) is 5.75 Å². The summed E-state index contributed by atoms with van der Waals surface area (Å²) in [5.41, 5.74) is 1.76. The highest BCUT2D eigenvalue weighted by Crippen LogP contribution is 2.64. The standard InChI is InChI=1S/C26H35NO2/c1-16-5-7-18(8-6-16)29-19-14-21-24-17(2)13-22-26(4,12-10-23(28)27-22)20(24)9-11-25(21,3)15-19/h5-8,10,12,17,19-22,24H,9,11,13-15H2,1-4H3,(H,27,28)/t17-,19-,20?,21?,22?,24?,25+,26+/m0/s1. The van der Waals surface area contributed by atoms with E-state index in [1.807, 2.05) is 0 Å². The molecule has 4 aliphatic rings. The fourth-order valence-electron chi connectivity index (χ4n) is 7.58. The van der Waals surface area contributed by atoms with E-state index in [1.165, 1.54) is 31.2 Å². The minimum absolute atomic E-state index is 0.0891. The molecule has 3 saturated carbocycles. The lowest BCUT2D eigenvalue weighted by atomic mass is 9.46. The van der Waals surface area contributed by atoms with E-state index < -0.39 is 0 Å². The summed E-state index contributed by atoms with van der Waals surface area (Å²) >= 11 is 0. The number of carbonyl (C=O) groups excluding carboxylic acids is 1. The Morgan fingerprint density at radius 2 is 1.86 bits per heavy atom. The van der Waals surface area contributed by atoms with Crippen LogP contribution in [0.1, 0.15) is 58.4 Å². The number of benzene rings is 1. The summed E-state index contributed by atoms with van der Waals surface area (Å²) in [4.78, 5) is 12.0. The minimum Gasteiger partial charge on any atom is -0.490 e. The van der Waals surface area contributed by atoms with E-state index >= 15 is 0 Å². The molecule has 0 spiro atoms. The highest BCUT2D eigenvalue weighted by Gasteiger charge is 2.60. The van der Waals surface area contributed by atoms with Gasteiger partial charge < -0.3 is 10.1 Å². The predicted molar refractivity (Wildman–Crippen MR) is 116 cm³/mol. The zero-order chi connectivity index (χ0) is 20.4. The fraction of sp³-hybridized carbons (Fsp3) is 0.654. The number of aryl methyl sites for hydroxylation is 1. The maximum atomic E-state index is 12.0. The van der Waals surface area contributed by atoms with Gasteiger partial charge in [-0.15, -0.1) is 0 Å². The molecule has 0 aromatic heterocycles. The van der Waals surface area contributed by atoms with Gasteiger partial charge in [0.2, 0.25) is 5.91 Å². The van der Waals surface area contributed by atoms with Crippen molar-refractivity contribution in [3.05, 3.63) is 42.0 Å². The minimum atomic E-state index is 0.0891. The second-order valence-electron chi connectivity index (χ2n) is 10.9. The van der Waals surface area contributed by atoms with Crippen LogP contribution in [0.25, 0.3) is 0 Å². The van der Waals surface area contributed by atoms with Gasteiger partial charge in [-0.2, -0.15) is 0 Å². The van der Waals surface area contributed by atoms with Crippen LogP contribution in [0.2, 0.25) is 0 Å². The average molecular weight is 394 g/mol. The number of fused-ring (bicyclic) bond motifs is 5. The maximum absolute atomic E-state index is 12.0. The molecule has 3 heteroatoms. The highest BCUT2D eigenvalue weighted by molar-refractivity contribution is 5.89. The van der Waals surface area contributed by atoms with E-state index in [9.17, 15) is 4.79 Å². The quantitative estimate of drug-likeness (QED) is 0.742. The average Bonchev–Trinajstić information content (AvgIpc) is 3.01. The molecule has 0 radical (unpaired) electrons. The lowest BCUT2D eigenvalue weighted by Crippen LogP contribution is -2.61. The van der Waals surface area contributed by atoms with Crippen molar-refractivity contribution in [2.24, 2.45) is 34.5 Å². The number of rotatable bonds is 2. The third-order valence-electron chi connectivity index (χ3n) is 9.11. The molecule has 156 valence electrons. The first-order valence-corrected chi connectivity index (χ1v) is 11.5. The van der Waals surface area contributed by atoms with Crippen LogP contribution in [0, 0.1) is 41.4 Å². The van der Waals surface area contributed by atoms with Gasteiger partial charge in [-0.1, -0.05) is 44.5 Å². The second kappa shape index (κ2) is 6.62. The molecule has 1 aromatic rings. The lowest BCUT2D eigenvalue weighted by Gasteiger charge is -2.60. The first-order chi connectivity index (χ1) is 13.8. The summed E-state index contributed by atoms with van der Waals surface area (Å²) in [6.07, 6.45) is 10.4. The SMILES string of the molecule is Cc1ccc(O[C@H]2CC3C4C(CC[C@]3(C)C2)[C@@]2(C)C=CC(=O)NC2C[C@@H]4C)cc1. The molecule has 4 unspecified atom stereocenters. The summed E-state index contributed by atoms with van der Waals surface area (Å²) in [5.74, 6) is 3.85. The molecule has 1 aromatic carbocycles. The van der Waals surface area contributed by atoms with Crippen LogP contribution in [-0.4, -0.2) is 18.1 Å². The van der Waals surface area contributed by atoms with Gasteiger partial charge in [0, 0.05) is 11.5 Å².